The number of aryl methyl sites for hydroxylation is 1. The minimum absolute atomic E-state index is 0.0292. The third kappa shape index (κ3) is 3.20. The maximum Gasteiger partial charge on any atom is 0.339 e. The minimum atomic E-state index is -2.29. The van der Waals surface area contributed by atoms with E-state index < -0.39 is 47.2 Å². The maximum absolute atomic E-state index is 13.8. The van der Waals surface area contributed by atoms with Gasteiger partial charge in [0.1, 0.15) is 6.61 Å². The first-order valence-electron chi connectivity index (χ1n) is 8.28. The van der Waals surface area contributed by atoms with E-state index in [1.54, 1.807) is 24.4 Å². The summed E-state index contributed by atoms with van der Waals surface area (Å²) in [6.07, 6.45) is 0. The van der Waals surface area contributed by atoms with Gasteiger partial charge in [0.2, 0.25) is 5.82 Å². The van der Waals surface area contributed by atoms with Crippen molar-refractivity contribution in [1.82, 2.24) is 10.1 Å². The Balaban J connectivity index is 1.72. The number of ether oxygens (including phenoxy) is 1. The molecule has 4 aromatic rings. The summed E-state index contributed by atoms with van der Waals surface area (Å²) >= 11 is 1.34. The molecule has 154 valence electrons. The van der Waals surface area contributed by atoms with Crippen LogP contribution < -0.4 is 0 Å². The molecule has 0 bridgehead atoms. The number of benzene rings is 1. The standard InChI is InChI=1S/C19H9F5N2O3S/c1-7-12-8(5-10(11-3-2-4-30-11)25-18(12)29-26-7)19(27)28-6-9-13(20)15(22)17(24)16(23)14(9)21/h2-5H,6H2,1H3. The zero-order valence-corrected chi connectivity index (χ0v) is 15.8. The number of rotatable bonds is 4. The third-order valence-electron chi connectivity index (χ3n) is 4.26. The summed E-state index contributed by atoms with van der Waals surface area (Å²) in [5, 5.41) is 5.73. The quantitative estimate of drug-likeness (QED) is 0.186. The number of esters is 1. The number of carbonyl (C=O) groups excluding carboxylic acids is 1. The molecule has 11 heteroatoms. The highest BCUT2D eigenvalue weighted by molar-refractivity contribution is 7.13. The minimum Gasteiger partial charge on any atom is -0.457 e. The largest absolute Gasteiger partial charge is 0.457 e. The van der Waals surface area contributed by atoms with Crippen LogP contribution in [-0.2, 0) is 11.3 Å². The van der Waals surface area contributed by atoms with Gasteiger partial charge in [-0.05, 0) is 24.4 Å². The Kier molecular flexibility index (Phi) is 4.98. The molecule has 0 atom stereocenters. The Morgan fingerprint density at radius 3 is 2.40 bits per heavy atom. The van der Waals surface area contributed by atoms with E-state index in [9.17, 15) is 26.7 Å². The van der Waals surface area contributed by atoms with Crippen LogP contribution in [0.4, 0.5) is 22.0 Å². The van der Waals surface area contributed by atoms with Gasteiger partial charge in [-0.3, -0.25) is 0 Å². The van der Waals surface area contributed by atoms with E-state index in [-0.39, 0.29) is 16.7 Å². The van der Waals surface area contributed by atoms with Crippen molar-refractivity contribution in [2.45, 2.75) is 13.5 Å². The lowest BCUT2D eigenvalue weighted by Crippen LogP contribution is -2.12. The Morgan fingerprint density at radius 2 is 1.77 bits per heavy atom. The van der Waals surface area contributed by atoms with E-state index in [1.165, 1.54) is 17.4 Å². The molecule has 0 unspecified atom stereocenters. The lowest BCUT2D eigenvalue weighted by atomic mass is 10.1. The molecule has 0 aliphatic heterocycles. The second-order valence-corrected chi connectivity index (χ2v) is 7.05. The molecule has 1 aromatic carbocycles. The predicted molar refractivity (Wildman–Crippen MR) is 95.2 cm³/mol. The van der Waals surface area contributed by atoms with Gasteiger partial charge >= 0.3 is 5.97 Å². The Hall–Kier alpha value is -3.34. The van der Waals surface area contributed by atoms with E-state index in [1.807, 2.05) is 0 Å². The highest BCUT2D eigenvalue weighted by atomic mass is 32.1. The number of hydrogen-bond donors (Lipinski definition) is 0. The fourth-order valence-corrected chi connectivity index (χ4v) is 3.48. The number of aromatic nitrogens is 2. The molecular formula is C19H9F5N2O3S. The van der Waals surface area contributed by atoms with Crippen LogP contribution in [0.15, 0.2) is 28.1 Å². The summed E-state index contributed by atoms with van der Waals surface area (Å²) < 4.78 is 77.5. The average molecular weight is 440 g/mol. The van der Waals surface area contributed by atoms with Crippen molar-refractivity contribution >= 4 is 28.4 Å². The van der Waals surface area contributed by atoms with Gasteiger partial charge in [-0.25, -0.2) is 31.7 Å². The van der Waals surface area contributed by atoms with E-state index in [0.717, 1.165) is 0 Å². The van der Waals surface area contributed by atoms with Crippen LogP contribution in [0.25, 0.3) is 21.7 Å². The van der Waals surface area contributed by atoms with Crippen LogP contribution in [0.1, 0.15) is 21.6 Å². The zero-order chi connectivity index (χ0) is 21.6. The molecule has 0 amide bonds. The van der Waals surface area contributed by atoms with Crippen LogP contribution in [-0.4, -0.2) is 16.1 Å². The summed E-state index contributed by atoms with van der Waals surface area (Å²) in [6, 6.07) is 4.88. The smallest absolute Gasteiger partial charge is 0.339 e. The first-order valence-corrected chi connectivity index (χ1v) is 9.16. The summed E-state index contributed by atoms with van der Waals surface area (Å²) in [4.78, 5) is 17.6. The van der Waals surface area contributed by atoms with Crippen LogP contribution in [0, 0.1) is 36.0 Å². The van der Waals surface area contributed by atoms with Crippen molar-refractivity contribution in [1.29, 1.82) is 0 Å². The number of thiophene rings is 1. The molecule has 0 N–H and O–H groups in total. The van der Waals surface area contributed by atoms with Gasteiger partial charge in [0, 0.05) is 0 Å². The van der Waals surface area contributed by atoms with Crippen molar-refractivity contribution in [2.24, 2.45) is 0 Å². The monoisotopic (exact) mass is 440 g/mol. The number of carbonyl (C=O) groups is 1. The van der Waals surface area contributed by atoms with Gasteiger partial charge in [0.05, 0.1) is 32.8 Å². The van der Waals surface area contributed by atoms with Crippen molar-refractivity contribution in [3.63, 3.8) is 0 Å². The molecule has 0 fully saturated rings. The molecule has 0 aliphatic rings. The number of pyridine rings is 1. The van der Waals surface area contributed by atoms with Gasteiger partial charge < -0.3 is 9.26 Å². The van der Waals surface area contributed by atoms with E-state index in [0.29, 0.717) is 16.3 Å². The van der Waals surface area contributed by atoms with Crippen molar-refractivity contribution < 1.29 is 36.0 Å². The summed E-state index contributed by atoms with van der Waals surface area (Å²) in [5.74, 6) is -11.8. The SMILES string of the molecule is Cc1noc2nc(-c3cccs3)cc(C(=O)OCc3c(F)c(F)c(F)c(F)c3F)c12. The molecule has 0 aliphatic carbocycles. The molecule has 5 nitrogen and oxygen atoms in total. The second kappa shape index (κ2) is 7.48. The molecule has 3 aromatic heterocycles. The van der Waals surface area contributed by atoms with Gasteiger partial charge in [0.15, 0.2) is 23.3 Å². The molecule has 4 rings (SSSR count). The predicted octanol–water partition coefficient (Wildman–Crippen LogP) is 5.31. The lowest BCUT2D eigenvalue weighted by molar-refractivity contribution is 0.0464. The van der Waals surface area contributed by atoms with Crippen LogP contribution >= 0.6 is 11.3 Å². The molecule has 0 spiro atoms. The molecule has 3 heterocycles. The van der Waals surface area contributed by atoms with E-state index in [2.05, 4.69) is 10.1 Å². The lowest BCUT2D eigenvalue weighted by Gasteiger charge is -2.10. The number of hydrogen-bond acceptors (Lipinski definition) is 6. The van der Waals surface area contributed by atoms with Crippen LogP contribution in [0.3, 0.4) is 0 Å². The number of halogens is 5. The van der Waals surface area contributed by atoms with Crippen molar-refractivity contribution in [3.05, 3.63) is 69.5 Å². The van der Waals surface area contributed by atoms with Gasteiger partial charge in [-0.2, -0.15) is 0 Å². The molecule has 0 saturated heterocycles. The fraction of sp³-hybridized carbons (Fsp3) is 0.105. The summed E-state index contributed by atoms with van der Waals surface area (Å²) in [6.45, 7) is 0.367. The highest BCUT2D eigenvalue weighted by Crippen LogP contribution is 2.30. The summed E-state index contributed by atoms with van der Waals surface area (Å²) in [7, 11) is 0. The normalized spacial score (nSPS) is 11.3. The van der Waals surface area contributed by atoms with E-state index in [4.69, 9.17) is 9.26 Å². The topological polar surface area (TPSA) is 65.2 Å². The van der Waals surface area contributed by atoms with Gasteiger partial charge in [-0.15, -0.1) is 11.3 Å². The first kappa shape index (κ1) is 20.0. The molecule has 0 radical (unpaired) electrons. The summed E-state index contributed by atoms with van der Waals surface area (Å²) in [5.41, 5.74) is -0.645. The van der Waals surface area contributed by atoms with Crippen LogP contribution in [0.2, 0.25) is 0 Å². The van der Waals surface area contributed by atoms with Gasteiger partial charge in [0.25, 0.3) is 5.71 Å². The Bertz CT molecular complexity index is 1260. The zero-order valence-electron chi connectivity index (χ0n) is 14.9. The Morgan fingerprint density at radius 1 is 1.10 bits per heavy atom. The fourth-order valence-electron chi connectivity index (χ4n) is 2.80. The molecular weight excluding hydrogens is 431 g/mol. The van der Waals surface area contributed by atoms with Crippen LogP contribution in [0.5, 0.6) is 0 Å². The average Bonchev–Trinajstić information content (AvgIpc) is 3.40. The highest BCUT2D eigenvalue weighted by Gasteiger charge is 2.27. The third-order valence-corrected chi connectivity index (χ3v) is 5.15. The first-order chi connectivity index (χ1) is 14.3. The Labute approximate surface area is 168 Å². The van der Waals surface area contributed by atoms with Gasteiger partial charge in [-0.1, -0.05) is 11.2 Å². The number of fused-ring (bicyclic) bond motifs is 1. The maximum atomic E-state index is 13.8. The number of nitrogens with zero attached hydrogens (tertiary/aromatic N) is 2. The second-order valence-electron chi connectivity index (χ2n) is 6.11. The van der Waals surface area contributed by atoms with E-state index >= 15 is 0 Å². The van der Waals surface area contributed by atoms with Crippen molar-refractivity contribution in [2.75, 3.05) is 0 Å². The van der Waals surface area contributed by atoms with Crippen molar-refractivity contribution in [3.8, 4) is 10.6 Å². The molecule has 0 saturated carbocycles. The molecule has 30 heavy (non-hydrogen) atoms.